The van der Waals surface area contributed by atoms with Crippen molar-refractivity contribution in [3.05, 3.63) is 26.9 Å². The normalized spacial score (nSPS) is 11.8. The maximum absolute atomic E-state index is 12.0. The van der Waals surface area contributed by atoms with Gasteiger partial charge in [-0.3, -0.25) is 9.36 Å². The molecule has 1 N–H and O–H groups in total. The van der Waals surface area contributed by atoms with Crippen LogP contribution in [0.4, 0.5) is 13.2 Å². The quantitative estimate of drug-likeness (QED) is 0.678. The molecule has 0 fully saturated rings. The fourth-order valence-electron chi connectivity index (χ4n) is 1.08. The van der Waals surface area contributed by atoms with E-state index in [1.165, 1.54) is 10.8 Å². The maximum Gasteiger partial charge on any atom is 0.390 e. The Morgan fingerprint density at radius 1 is 1.41 bits per heavy atom. The molecule has 1 aromatic heterocycles. The average Bonchev–Trinajstić information content (AvgIpc) is 2.14. The van der Waals surface area contributed by atoms with E-state index in [1.54, 1.807) is 6.26 Å². The molecule has 0 aliphatic carbocycles. The van der Waals surface area contributed by atoms with Crippen molar-refractivity contribution in [2.75, 3.05) is 6.26 Å². The van der Waals surface area contributed by atoms with Gasteiger partial charge in [-0.15, -0.1) is 0 Å². The van der Waals surface area contributed by atoms with Gasteiger partial charge >= 0.3 is 11.9 Å². The molecule has 17 heavy (non-hydrogen) atoms. The van der Waals surface area contributed by atoms with Gasteiger partial charge in [0, 0.05) is 12.6 Å². The highest BCUT2D eigenvalue weighted by atomic mass is 33.1. The molecule has 0 radical (unpaired) electrons. The standard InChI is InChI=1S/C8H9F3N2O2S2/c1-16-17-5-4-6(14)13(7(15)12-5)3-2-8(9,10)11/h4H,2-3H2,1H3,(H,12,15). The van der Waals surface area contributed by atoms with Crippen molar-refractivity contribution in [1.82, 2.24) is 9.55 Å². The highest BCUT2D eigenvalue weighted by Crippen LogP contribution is 2.24. The minimum atomic E-state index is -4.39. The predicted molar refractivity (Wildman–Crippen MR) is 61.4 cm³/mol. The average molecular weight is 286 g/mol. The lowest BCUT2D eigenvalue weighted by molar-refractivity contribution is -0.137. The van der Waals surface area contributed by atoms with Crippen LogP contribution < -0.4 is 11.2 Å². The number of nitrogens with zero attached hydrogens (tertiary/aromatic N) is 1. The zero-order valence-electron chi connectivity index (χ0n) is 8.71. The molecule has 9 heteroatoms. The Hall–Kier alpha value is -0.830. The van der Waals surface area contributed by atoms with Crippen LogP contribution in [0, 0.1) is 0 Å². The van der Waals surface area contributed by atoms with Gasteiger partial charge in [-0.25, -0.2) is 4.79 Å². The van der Waals surface area contributed by atoms with Crippen LogP contribution in [0.1, 0.15) is 6.42 Å². The molecule has 0 aliphatic heterocycles. The van der Waals surface area contributed by atoms with Crippen molar-refractivity contribution in [3.63, 3.8) is 0 Å². The molecule has 0 bridgehead atoms. The Morgan fingerprint density at radius 3 is 2.53 bits per heavy atom. The van der Waals surface area contributed by atoms with Gasteiger partial charge < -0.3 is 4.98 Å². The van der Waals surface area contributed by atoms with E-state index in [-0.39, 0.29) is 0 Å². The molecular weight excluding hydrogens is 277 g/mol. The third-order valence-electron chi connectivity index (χ3n) is 1.79. The van der Waals surface area contributed by atoms with Crippen LogP contribution in [0.3, 0.4) is 0 Å². The molecule has 0 amide bonds. The Kier molecular flexibility index (Phi) is 4.75. The fourth-order valence-corrected chi connectivity index (χ4v) is 2.35. The minimum absolute atomic E-state index is 0.329. The number of hydrogen-bond donors (Lipinski definition) is 1. The zero-order valence-corrected chi connectivity index (χ0v) is 10.3. The van der Waals surface area contributed by atoms with Crippen molar-refractivity contribution >= 4 is 21.6 Å². The summed E-state index contributed by atoms with van der Waals surface area (Å²) in [6.45, 7) is -0.665. The van der Waals surface area contributed by atoms with Crippen LogP contribution >= 0.6 is 21.6 Å². The first kappa shape index (κ1) is 14.2. The molecule has 4 nitrogen and oxygen atoms in total. The van der Waals surface area contributed by atoms with E-state index in [0.29, 0.717) is 9.59 Å². The predicted octanol–water partition coefficient (Wildman–Crippen LogP) is 1.86. The first-order chi connectivity index (χ1) is 7.83. The summed E-state index contributed by atoms with van der Waals surface area (Å²) >= 11 is 0. The monoisotopic (exact) mass is 286 g/mol. The first-order valence-corrected chi connectivity index (χ1v) is 7.01. The molecule has 0 unspecified atom stereocenters. The van der Waals surface area contributed by atoms with Gasteiger partial charge in [0.1, 0.15) is 0 Å². The minimum Gasteiger partial charge on any atom is -0.301 e. The lowest BCUT2D eigenvalue weighted by Gasteiger charge is -2.07. The Morgan fingerprint density at radius 2 is 2.06 bits per heavy atom. The summed E-state index contributed by atoms with van der Waals surface area (Å²) in [5.74, 6) is 0. The van der Waals surface area contributed by atoms with Gasteiger partial charge in [0.2, 0.25) is 0 Å². The second-order valence-corrected chi connectivity index (χ2v) is 5.48. The van der Waals surface area contributed by atoms with E-state index < -0.39 is 30.4 Å². The number of H-pyrrole nitrogens is 1. The summed E-state index contributed by atoms with van der Waals surface area (Å²) in [6.07, 6.45) is -3.85. The number of aromatic nitrogens is 2. The highest BCUT2D eigenvalue weighted by molar-refractivity contribution is 8.76. The number of hydrogen-bond acceptors (Lipinski definition) is 4. The van der Waals surface area contributed by atoms with E-state index in [0.717, 1.165) is 16.9 Å². The summed E-state index contributed by atoms with van der Waals surface area (Å²) in [5, 5.41) is 0.329. The Bertz CT molecular complexity index is 464. The largest absolute Gasteiger partial charge is 0.390 e. The second kappa shape index (κ2) is 5.67. The second-order valence-electron chi connectivity index (χ2n) is 3.04. The number of rotatable bonds is 4. The van der Waals surface area contributed by atoms with Gasteiger partial charge in [0.05, 0.1) is 11.4 Å². The van der Waals surface area contributed by atoms with Gasteiger partial charge in [0.25, 0.3) is 5.56 Å². The number of halogens is 3. The zero-order chi connectivity index (χ0) is 13.1. The van der Waals surface area contributed by atoms with E-state index in [9.17, 15) is 22.8 Å². The van der Waals surface area contributed by atoms with Crippen LogP contribution in [0.2, 0.25) is 0 Å². The van der Waals surface area contributed by atoms with Crippen molar-refractivity contribution in [1.29, 1.82) is 0 Å². The Balaban J connectivity index is 2.95. The lowest BCUT2D eigenvalue weighted by Crippen LogP contribution is -2.36. The third kappa shape index (κ3) is 4.50. The molecule has 96 valence electrons. The molecule has 1 rings (SSSR count). The summed E-state index contributed by atoms with van der Waals surface area (Å²) < 4.78 is 36.4. The summed E-state index contributed by atoms with van der Waals surface area (Å²) in [7, 11) is 2.48. The van der Waals surface area contributed by atoms with Gasteiger partial charge in [-0.1, -0.05) is 10.8 Å². The van der Waals surface area contributed by atoms with Crippen molar-refractivity contribution in [2.24, 2.45) is 0 Å². The van der Waals surface area contributed by atoms with E-state index in [1.807, 2.05) is 0 Å². The molecule has 0 aromatic carbocycles. The summed E-state index contributed by atoms with van der Waals surface area (Å²) in [4.78, 5) is 25.1. The summed E-state index contributed by atoms with van der Waals surface area (Å²) in [6, 6.07) is 1.11. The molecule has 1 heterocycles. The smallest absolute Gasteiger partial charge is 0.301 e. The SMILES string of the molecule is CSSc1cc(=O)n(CCC(F)(F)F)c(=O)[nH]1. The van der Waals surface area contributed by atoms with E-state index in [4.69, 9.17) is 0 Å². The number of nitrogens with one attached hydrogen (secondary N) is 1. The van der Waals surface area contributed by atoms with Gasteiger partial charge in [0.15, 0.2) is 0 Å². The lowest BCUT2D eigenvalue weighted by atomic mass is 10.4. The third-order valence-corrected chi connectivity index (χ3v) is 3.39. The Labute approximate surface area is 102 Å². The van der Waals surface area contributed by atoms with Crippen LogP contribution in [-0.4, -0.2) is 22.0 Å². The summed E-state index contributed by atoms with van der Waals surface area (Å²) in [5.41, 5.74) is -1.55. The molecule has 1 aromatic rings. The maximum atomic E-state index is 12.0. The van der Waals surface area contributed by atoms with E-state index in [2.05, 4.69) is 4.98 Å². The van der Waals surface area contributed by atoms with Crippen LogP contribution in [-0.2, 0) is 6.54 Å². The van der Waals surface area contributed by atoms with Crippen LogP contribution in [0.25, 0.3) is 0 Å². The molecule has 0 spiro atoms. The van der Waals surface area contributed by atoms with Crippen molar-refractivity contribution in [3.8, 4) is 0 Å². The van der Waals surface area contributed by atoms with Crippen LogP contribution in [0.5, 0.6) is 0 Å². The number of alkyl halides is 3. The molecule has 0 saturated carbocycles. The van der Waals surface area contributed by atoms with Gasteiger partial charge in [-0.2, -0.15) is 13.2 Å². The molecular formula is C8H9F3N2O2S2. The first-order valence-electron chi connectivity index (χ1n) is 4.45. The van der Waals surface area contributed by atoms with Crippen molar-refractivity contribution in [2.45, 2.75) is 24.2 Å². The topological polar surface area (TPSA) is 54.9 Å². The molecule has 0 atom stereocenters. The number of aromatic amines is 1. The van der Waals surface area contributed by atoms with Crippen LogP contribution in [0.15, 0.2) is 20.7 Å². The highest BCUT2D eigenvalue weighted by Gasteiger charge is 2.27. The van der Waals surface area contributed by atoms with E-state index >= 15 is 0 Å². The fraction of sp³-hybridized carbons (Fsp3) is 0.500. The van der Waals surface area contributed by atoms with Crippen molar-refractivity contribution < 1.29 is 13.2 Å². The molecule has 0 saturated heterocycles. The molecule has 0 aliphatic rings. The van der Waals surface area contributed by atoms with Gasteiger partial charge in [-0.05, 0) is 17.0 Å².